The van der Waals surface area contributed by atoms with E-state index < -0.39 is 12.7 Å². The molecule has 0 radical (unpaired) electrons. The maximum atomic E-state index is 12.0. The molecule has 0 aromatic carbocycles. The zero-order chi connectivity index (χ0) is 14.2. The molecule has 0 saturated heterocycles. The molecule has 1 atom stereocenters. The summed E-state index contributed by atoms with van der Waals surface area (Å²) in [5, 5.41) is 2.47. The van der Waals surface area contributed by atoms with Gasteiger partial charge in [-0.2, -0.15) is 13.2 Å². The van der Waals surface area contributed by atoms with Crippen molar-refractivity contribution in [1.29, 1.82) is 0 Å². The first-order valence-electron chi connectivity index (χ1n) is 6.42. The molecule has 3 nitrogen and oxygen atoms in total. The quantitative estimate of drug-likeness (QED) is 0.688. The van der Waals surface area contributed by atoms with Gasteiger partial charge in [0.2, 0.25) is 0 Å². The van der Waals surface area contributed by atoms with Gasteiger partial charge in [0.25, 0.3) is 0 Å². The zero-order valence-electron chi connectivity index (χ0n) is 11.8. The highest BCUT2D eigenvalue weighted by molar-refractivity contribution is 4.71. The van der Waals surface area contributed by atoms with Crippen molar-refractivity contribution in [3.05, 3.63) is 0 Å². The van der Waals surface area contributed by atoms with E-state index in [9.17, 15) is 13.2 Å². The van der Waals surface area contributed by atoms with E-state index in [-0.39, 0.29) is 6.04 Å². The van der Waals surface area contributed by atoms with Gasteiger partial charge in [0, 0.05) is 25.7 Å². The molecule has 0 aliphatic carbocycles. The van der Waals surface area contributed by atoms with E-state index in [4.69, 9.17) is 0 Å². The second kappa shape index (κ2) is 8.72. The second-order valence-corrected chi connectivity index (χ2v) is 4.93. The molecule has 0 heterocycles. The van der Waals surface area contributed by atoms with Crippen LogP contribution in [0.3, 0.4) is 0 Å². The van der Waals surface area contributed by atoms with Crippen molar-refractivity contribution in [1.82, 2.24) is 15.1 Å². The maximum Gasteiger partial charge on any atom is 0.401 e. The molecule has 18 heavy (non-hydrogen) atoms. The number of hydrogen-bond donors (Lipinski definition) is 1. The third kappa shape index (κ3) is 9.67. The van der Waals surface area contributed by atoms with Gasteiger partial charge in [-0.15, -0.1) is 0 Å². The number of halogens is 3. The minimum atomic E-state index is -4.13. The van der Waals surface area contributed by atoms with Crippen molar-refractivity contribution >= 4 is 0 Å². The average molecular weight is 269 g/mol. The van der Waals surface area contributed by atoms with Crippen LogP contribution in [0.5, 0.6) is 0 Å². The molecule has 0 spiro atoms. The maximum absolute atomic E-state index is 12.0. The summed E-state index contributed by atoms with van der Waals surface area (Å²) < 4.78 is 36.1. The molecule has 0 bridgehead atoms. The van der Waals surface area contributed by atoms with Gasteiger partial charge in [-0.3, -0.25) is 4.90 Å². The lowest BCUT2D eigenvalue weighted by atomic mass is 10.2. The van der Waals surface area contributed by atoms with Crippen LogP contribution in [0.4, 0.5) is 13.2 Å². The summed E-state index contributed by atoms with van der Waals surface area (Å²) >= 11 is 0. The smallest absolute Gasteiger partial charge is 0.308 e. The van der Waals surface area contributed by atoms with E-state index >= 15 is 0 Å². The lowest BCUT2D eigenvalue weighted by Gasteiger charge is -2.30. The largest absolute Gasteiger partial charge is 0.401 e. The van der Waals surface area contributed by atoms with Crippen molar-refractivity contribution in [3.63, 3.8) is 0 Å². The Bertz CT molecular complexity index is 207. The van der Waals surface area contributed by atoms with Crippen LogP contribution < -0.4 is 5.32 Å². The van der Waals surface area contributed by atoms with E-state index in [0.29, 0.717) is 6.54 Å². The topological polar surface area (TPSA) is 18.5 Å². The van der Waals surface area contributed by atoms with Gasteiger partial charge in [0.15, 0.2) is 0 Å². The summed E-state index contributed by atoms with van der Waals surface area (Å²) in [4.78, 5) is 4.31. The third-order valence-corrected chi connectivity index (χ3v) is 2.73. The Kier molecular flexibility index (Phi) is 8.56. The molecule has 0 aliphatic heterocycles. The van der Waals surface area contributed by atoms with Gasteiger partial charge in [-0.1, -0.05) is 6.92 Å². The number of alkyl halides is 3. The average Bonchev–Trinajstić information content (AvgIpc) is 2.21. The Morgan fingerprint density at radius 1 is 1.11 bits per heavy atom. The molecule has 0 saturated carbocycles. The Labute approximate surface area is 108 Å². The van der Waals surface area contributed by atoms with Crippen LogP contribution in [0.25, 0.3) is 0 Å². The number of hydrogen-bond acceptors (Lipinski definition) is 3. The van der Waals surface area contributed by atoms with Gasteiger partial charge in [0.1, 0.15) is 0 Å². The summed E-state index contributed by atoms with van der Waals surface area (Å²) in [6.07, 6.45) is -3.12. The Morgan fingerprint density at radius 2 is 1.72 bits per heavy atom. The summed E-state index contributed by atoms with van der Waals surface area (Å²) in [5.74, 6) is 0. The molecular formula is C12H26F3N3. The van der Waals surface area contributed by atoms with E-state index in [0.717, 1.165) is 26.1 Å². The molecule has 1 N–H and O–H groups in total. The monoisotopic (exact) mass is 269 g/mol. The normalized spacial score (nSPS) is 14.5. The van der Waals surface area contributed by atoms with E-state index in [1.165, 1.54) is 0 Å². The van der Waals surface area contributed by atoms with Crippen LogP contribution in [0.1, 0.15) is 20.3 Å². The first-order chi connectivity index (χ1) is 8.26. The number of rotatable bonds is 9. The molecule has 0 rings (SSSR count). The zero-order valence-corrected chi connectivity index (χ0v) is 11.8. The first-order valence-corrected chi connectivity index (χ1v) is 6.42. The number of nitrogens with zero attached hydrogens (tertiary/aromatic N) is 2. The summed E-state index contributed by atoms with van der Waals surface area (Å²) in [6.45, 7) is 6.23. The predicted octanol–water partition coefficient (Wildman–Crippen LogP) is 1.80. The molecule has 0 amide bonds. The lowest BCUT2D eigenvalue weighted by Crippen LogP contribution is -2.45. The fourth-order valence-corrected chi connectivity index (χ4v) is 1.72. The van der Waals surface area contributed by atoms with Crippen LogP contribution in [-0.4, -0.2) is 68.8 Å². The van der Waals surface area contributed by atoms with Crippen LogP contribution in [0, 0.1) is 0 Å². The van der Waals surface area contributed by atoms with Crippen LogP contribution in [0.2, 0.25) is 0 Å². The Morgan fingerprint density at radius 3 is 2.17 bits per heavy atom. The van der Waals surface area contributed by atoms with Crippen LogP contribution in [0.15, 0.2) is 0 Å². The van der Waals surface area contributed by atoms with Crippen LogP contribution >= 0.6 is 0 Å². The Balaban J connectivity index is 4.01. The fourth-order valence-electron chi connectivity index (χ4n) is 1.72. The Hall–Kier alpha value is -0.330. The molecule has 0 aromatic heterocycles. The first kappa shape index (κ1) is 17.7. The lowest BCUT2D eigenvalue weighted by molar-refractivity contribution is -0.125. The van der Waals surface area contributed by atoms with Crippen molar-refractivity contribution < 1.29 is 13.2 Å². The third-order valence-electron chi connectivity index (χ3n) is 2.73. The fraction of sp³-hybridized carbons (Fsp3) is 1.00. The molecule has 1 unspecified atom stereocenters. The van der Waals surface area contributed by atoms with Gasteiger partial charge < -0.3 is 10.2 Å². The van der Waals surface area contributed by atoms with Crippen molar-refractivity contribution in [2.24, 2.45) is 0 Å². The van der Waals surface area contributed by atoms with Gasteiger partial charge in [-0.05, 0) is 34.0 Å². The molecular weight excluding hydrogens is 243 g/mol. The number of nitrogens with one attached hydrogen (secondary N) is 1. The molecule has 0 aliphatic rings. The van der Waals surface area contributed by atoms with Crippen molar-refractivity contribution in [3.8, 4) is 0 Å². The minimum absolute atomic E-state index is 0.118. The highest BCUT2D eigenvalue weighted by Crippen LogP contribution is 2.12. The number of likely N-dealkylation sites (N-methyl/N-ethyl adjacent to an activating group) is 1. The summed E-state index contributed by atoms with van der Waals surface area (Å²) in [6, 6.07) is 0.118. The SMILES string of the molecule is CCCN(CCN(C)C)C(C)CNCC(F)(F)F. The highest BCUT2D eigenvalue weighted by atomic mass is 19.4. The van der Waals surface area contributed by atoms with E-state index in [2.05, 4.69) is 22.0 Å². The predicted molar refractivity (Wildman–Crippen MR) is 68.8 cm³/mol. The molecule has 0 fully saturated rings. The summed E-state index contributed by atoms with van der Waals surface area (Å²) in [5.41, 5.74) is 0. The van der Waals surface area contributed by atoms with Crippen molar-refractivity contribution in [2.45, 2.75) is 32.5 Å². The highest BCUT2D eigenvalue weighted by Gasteiger charge is 2.26. The van der Waals surface area contributed by atoms with Gasteiger partial charge in [-0.25, -0.2) is 0 Å². The molecule has 6 heteroatoms. The minimum Gasteiger partial charge on any atom is -0.308 e. The molecule has 110 valence electrons. The second-order valence-electron chi connectivity index (χ2n) is 4.93. The standard InChI is InChI=1S/C12H26F3N3/c1-5-6-18(8-7-17(3)4)11(2)9-16-10-12(13,14)15/h11,16H,5-10H2,1-4H3. The summed E-state index contributed by atoms with van der Waals surface area (Å²) in [7, 11) is 3.99. The molecule has 0 aromatic rings. The van der Waals surface area contributed by atoms with Crippen molar-refractivity contribution in [2.75, 3.05) is 46.8 Å². The van der Waals surface area contributed by atoms with E-state index in [1.54, 1.807) is 0 Å². The van der Waals surface area contributed by atoms with Gasteiger partial charge >= 0.3 is 6.18 Å². The van der Waals surface area contributed by atoms with Crippen LogP contribution in [-0.2, 0) is 0 Å². The van der Waals surface area contributed by atoms with E-state index in [1.807, 2.05) is 21.0 Å². The van der Waals surface area contributed by atoms with Gasteiger partial charge in [0.05, 0.1) is 6.54 Å².